The number of carbonyl (C=O) groups is 1. The summed E-state index contributed by atoms with van der Waals surface area (Å²) in [6.45, 7) is 4.05. The van der Waals surface area contributed by atoms with Gasteiger partial charge in [-0.15, -0.1) is 0 Å². The maximum absolute atomic E-state index is 12.9. The fourth-order valence-corrected chi connectivity index (χ4v) is 4.06. The second-order valence-corrected chi connectivity index (χ2v) is 9.22. The third-order valence-corrected chi connectivity index (χ3v) is 6.16. The molecule has 0 radical (unpaired) electrons. The normalized spacial score (nSPS) is 11.5. The van der Waals surface area contributed by atoms with Crippen molar-refractivity contribution in [3.63, 3.8) is 0 Å². The Kier molecular flexibility index (Phi) is 6.27. The zero-order valence-electron chi connectivity index (χ0n) is 15.7. The van der Waals surface area contributed by atoms with Crippen LogP contribution in [0.3, 0.4) is 0 Å². The number of rotatable bonds is 6. The van der Waals surface area contributed by atoms with Crippen molar-refractivity contribution in [3.05, 3.63) is 87.7 Å². The van der Waals surface area contributed by atoms with E-state index in [1.54, 1.807) is 12.1 Å². The fourth-order valence-electron chi connectivity index (χ4n) is 2.69. The van der Waals surface area contributed by atoms with Gasteiger partial charge in [0, 0.05) is 22.3 Å². The van der Waals surface area contributed by atoms with Crippen molar-refractivity contribution < 1.29 is 13.2 Å². The molecule has 5 nitrogen and oxygen atoms in total. The minimum atomic E-state index is -3.90. The van der Waals surface area contributed by atoms with Gasteiger partial charge in [0.25, 0.3) is 10.0 Å². The van der Waals surface area contributed by atoms with E-state index in [-0.39, 0.29) is 32.8 Å². The van der Waals surface area contributed by atoms with Gasteiger partial charge in [0.05, 0.1) is 10.6 Å². The van der Waals surface area contributed by atoms with Crippen LogP contribution in [0.15, 0.2) is 65.7 Å². The summed E-state index contributed by atoms with van der Waals surface area (Å²) in [4.78, 5) is 16.9. The summed E-state index contributed by atoms with van der Waals surface area (Å²) < 4.78 is 28.2. The molecule has 1 N–H and O–H groups in total. The Hall–Kier alpha value is -2.41. The zero-order chi connectivity index (χ0) is 21.2. The first-order valence-corrected chi connectivity index (χ1v) is 11.0. The number of nitrogens with zero attached hydrogens (tertiary/aromatic N) is 1. The molecule has 1 aromatic heterocycles. The highest BCUT2D eigenvalue weighted by Gasteiger charge is 2.20. The third kappa shape index (κ3) is 4.96. The molecule has 0 atom stereocenters. The molecule has 0 aliphatic carbocycles. The number of anilines is 1. The minimum Gasteiger partial charge on any atom is -0.288 e. The molecular formula is C21H18Cl2N2O3S. The van der Waals surface area contributed by atoms with Crippen LogP contribution in [0.1, 0.15) is 41.3 Å². The Morgan fingerprint density at radius 1 is 1.00 bits per heavy atom. The van der Waals surface area contributed by atoms with Gasteiger partial charge in [0.2, 0.25) is 0 Å². The number of ketones is 1. The van der Waals surface area contributed by atoms with Gasteiger partial charge in [-0.3, -0.25) is 9.52 Å². The van der Waals surface area contributed by atoms with Crippen molar-refractivity contribution in [2.24, 2.45) is 0 Å². The molecule has 0 saturated heterocycles. The number of sulfonamides is 1. The first-order chi connectivity index (χ1) is 13.7. The number of pyridine rings is 1. The SMILES string of the molecule is CC(C)c1ccc(S(=O)(=O)Nc2ccc(Cl)cc2C(=O)c2ccc(Cl)nc2)cc1. The predicted molar refractivity (Wildman–Crippen MR) is 115 cm³/mol. The topological polar surface area (TPSA) is 76.1 Å². The van der Waals surface area contributed by atoms with Crippen molar-refractivity contribution in [3.8, 4) is 0 Å². The summed E-state index contributed by atoms with van der Waals surface area (Å²) in [6, 6.07) is 14.0. The molecule has 1 heterocycles. The Morgan fingerprint density at radius 2 is 1.69 bits per heavy atom. The molecule has 0 aliphatic rings. The van der Waals surface area contributed by atoms with Crippen molar-refractivity contribution in [2.75, 3.05) is 4.72 Å². The number of aromatic nitrogens is 1. The van der Waals surface area contributed by atoms with Crippen LogP contribution in [0, 0.1) is 0 Å². The van der Waals surface area contributed by atoms with E-state index in [9.17, 15) is 13.2 Å². The third-order valence-electron chi connectivity index (χ3n) is 4.32. The van der Waals surface area contributed by atoms with Crippen molar-refractivity contribution in [2.45, 2.75) is 24.7 Å². The van der Waals surface area contributed by atoms with Gasteiger partial charge in [-0.2, -0.15) is 0 Å². The van der Waals surface area contributed by atoms with Crippen LogP contribution in [0.2, 0.25) is 10.2 Å². The molecule has 0 unspecified atom stereocenters. The lowest BCUT2D eigenvalue weighted by atomic mass is 10.0. The van der Waals surface area contributed by atoms with Gasteiger partial charge in [0.15, 0.2) is 5.78 Å². The number of hydrogen-bond acceptors (Lipinski definition) is 4. The van der Waals surface area contributed by atoms with E-state index < -0.39 is 15.8 Å². The molecule has 0 saturated carbocycles. The molecule has 8 heteroatoms. The standard InChI is InChI=1S/C21H18Cl2N2O3S/c1-13(2)14-3-7-17(8-4-14)29(27,28)25-19-9-6-16(22)11-18(19)21(26)15-5-10-20(23)24-12-15/h3-13,25H,1-2H3. The number of halogens is 2. The van der Waals surface area contributed by atoms with Crippen molar-refractivity contribution in [1.82, 2.24) is 4.98 Å². The first-order valence-electron chi connectivity index (χ1n) is 8.76. The molecule has 3 rings (SSSR count). The van der Waals surface area contributed by atoms with Gasteiger partial charge in [-0.05, 0) is 53.9 Å². The lowest BCUT2D eigenvalue weighted by molar-refractivity contribution is 0.103. The van der Waals surface area contributed by atoms with E-state index in [0.29, 0.717) is 5.02 Å². The Labute approximate surface area is 179 Å². The van der Waals surface area contributed by atoms with Gasteiger partial charge in [-0.25, -0.2) is 13.4 Å². The molecule has 0 aliphatic heterocycles. The molecule has 0 fully saturated rings. The fraction of sp³-hybridized carbons (Fsp3) is 0.143. The average Bonchev–Trinajstić information content (AvgIpc) is 2.69. The zero-order valence-corrected chi connectivity index (χ0v) is 18.0. The summed E-state index contributed by atoms with van der Waals surface area (Å²) in [5.74, 6) is -0.141. The highest BCUT2D eigenvalue weighted by atomic mass is 35.5. The van der Waals surface area contributed by atoms with Crippen LogP contribution in [0.5, 0.6) is 0 Å². The molecule has 2 aromatic carbocycles. The van der Waals surface area contributed by atoms with Gasteiger partial charge in [0.1, 0.15) is 5.15 Å². The minimum absolute atomic E-state index is 0.100. The lowest BCUT2D eigenvalue weighted by Gasteiger charge is -2.13. The number of carbonyl (C=O) groups excluding carboxylic acids is 1. The highest BCUT2D eigenvalue weighted by Crippen LogP contribution is 2.27. The van der Waals surface area contributed by atoms with Gasteiger partial charge >= 0.3 is 0 Å². The molecule has 3 aromatic rings. The maximum Gasteiger partial charge on any atom is 0.261 e. The second-order valence-electron chi connectivity index (χ2n) is 6.72. The largest absolute Gasteiger partial charge is 0.288 e. The summed E-state index contributed by atoms with van der Waals surface area (Å²) in [5, 5.41) is 0.554. The number of benzene rings is 2. The smallest absolute Gasteiger partial charge is 0.261 e. The molecule has 150 valence electrons. The van der Waals surface area contributed by atoms with E-state index in [2.05, 4.69) is 9.71 Å². The van der Waals surface area contributed by atoms with Crippen LogP contribution in [0.4, 0.5) is 5.69 Å². The van der Waals surface area contributed by atoms with E-state index in [1.165, 1.54) is 48.7 Å². The monoisotopic (exact) mass is 448 g/mol. The molecule has 0 spiro atoms. The van der Waals surface area contributed by atoms with Crippen LogP contribution < -0.4 is 4.72 Å². The van der Waals surface area contributed by atoms with E-state index in [0.717, 1.165) is 5.56 Å². The van der Waals surface area contributed by atoms with Gasteiger partial charge < -0.3 is 0 Å². The Balaban J connectivity index is 1.96. The van der Waals surface area contributed by atoms with Crippen molar-refractivity contribution in [1.29, 1.82) is 0 Å². The van der Waals surface area contributed by atoms with Crippen molar-refractivity contribution >= 4 is 44.7 Å². The Bertz CT molecular complexity index is 1140. The lowest BCUT2D eigenvalue weighted by Crippen LogP contribution is -2.16. The van der Waals surface area contributed by atoms with E-state index >= 15 is 0 Å². The maximum atomic E-state index is 12.9. The second kappa shape index (κ2) is 8.53. The molecule has 0 amide bonds. The first kappa shape index (κ1) is 21.3. The molecule has 0 bridgehead atoms. The quantitative estimate of drug-likeness (QED) is 0.396. The van der Waals surface area contributed by atoms with Crippen LogP contribution in [-0.2, 0) is 10.0 Å². The summed E-state index contributed by atoms with van der Waals surface area (Å²) >= 11 is 11.8. The van der Waals surface area contributed by atoms with E-state index in [1.807, 2.05) is 13.8 Å². The molecular weight excluding hydrogens is 431 g/mol. The average molecular weight is 449 g/mol. The van der Waals surface area contributed by atoms with Crippen LogP contribution >= 0.6 is 23.2 Å². The van der Waals surface area contributed by atoms with E-state index in [4.69, 9.17) is 23.2 Å². The summed E-state index contributed by atoms with van der Waals surface area (Å²) in [6.07, 6.45) is 1.33. The molecule has 29 heavy (non-hydrogen) atoms. The van der Waals surface area contributed by atoms with Crippen LogP contribution in [0.25, 0.3) is 0 Å². The summed E-state index contributed by atoms with van der Waals surface area (Å²) in [5.41, 5.74) is 1.53. The predicted octanol–water partition coefficient (Wildman–Crippen LogP) is 5.54. The number of hydrogen-bond donors (Lipinski definition) is 1. The Morgan fingerprint density at radius 3 is 2.28 bits per heavy atom. The summed E-state index contributed by atoms with van der Waals surface area (Å²) in [7, 11) is -3.90. The number of nitrogens with one attached hydrogen (secondary N) is 1. The van der Waals surface area contributed by atoms with Gasteiger partial charge in [-0.1, -0.05) is 49.2 Å². The van der Waals surface area contributed by atoms with Crippen LogP contribution in [-0.4, -0.2) is 19.2 Å². The highest BCUT2D eigenvalue weighted by molar-refractivity contribution is 7.92.